The highest BCUT2D eigenvalue weighted by atomic mass is 16.5. The number of ether oxygens (including phenoxy) is 1. The number of rotatable bonds is 6. The quantitative estimate of drug-likeness (QED) is 0.756. The van der Waals surface area contributed by atoms with Crippen LogP contribution >= 0.6 is 0 Å². The summed E-state index contributed by atoms with van der Waals surface area (Å²) in [5.74, 6) is 0.978. The third-order valence-corrected chi connectivity index (χ3v) is 3.43. The molecule has 4 heteroatoms. The fourth-order valence-electron chi connectivity index (χ4n) is 2.42. The zero-order valence-electron chi connectivity index (χ0n) is 11.9. The SMILES string of the molecule is NCCc1nc2ccccc2n1COCc1ccccc1. The molecule has 4 nitrogen and oxygen atoms in total. The van der Waals surface area contributed by atoms with Crippen LogP contribution < -0.4 is 5.73 Å². The Labute approximate surface area is 124 Å². The first-order valence-corrected chi connectivity index (χ1v) is 7.14. The molecule has 0 radical (unpaired) electrons. The van der Waals surface area contributed by atoms with E-state index in [1.54, 1.807) is 0 Å². The van der Waals surface area contributed by atoms with E-state index in [0.29, 0.717) is 19.9 Å². The largest absolute Gasteiger partial charge is 0.356 e. The van der Waals surface area contributed by atoms with Gasteiger partial charge in [0.2, 0.25) is 0 Å². The average Bonchev–Trinajstić information content (AvgIpc) is 2.87. The van der Waals surface area contributed by atoms with Crippen molar-refractivity contribution in [2.45, 2.75) is 19.8 Å². The van der Waals surface area contributed by atoms with Gasteiger partial charge in [-0.05, 0) is 24.2 Å². The average molecular weight is 281 g/mol. The topological polar surface area (TPSA) is 53.1 Å². The van der Waals surface area contributed by atoms with Gasteiger partial charge in [0, 0.05) is 6.42 Å². The van der Waals surface area contributed by atoms with Crippen molar-refractivity contribution in [2.75, 3.05) is 6.54 Å². The molecule has 1 aromatic heterocycles. The molecule has 2 N–H and O–H groups in total. The van der Waals surface area contributed by atoms with Gasteiger partial charge in [-0.25, -0.2) is 4.98 Å². The van der Waals surface area contributed by atoms with Crippen molar-refractivity contribution in [3.05, 3.63) is 66.0 Å². The smallest absolute Gasteiger partial charge is 0.125 e. The third-order valence-electron chi connectivity index (χ3n) is 3.43. The number of nitrogens with two attached hydrogens (primary N) is 1. The monoisotopic (exact) mass is 281 g/mol. The van der Waals surface area contributed by atoms with Crippen molar-refractivity contribution in [2.24, 2.45) is 5.73 Å². The Morgan fingerprint density at radius 2 is 1.76 bits per heavy atom. The van der Waals surface area contributed by atoms with Gasteiger partial charge >= 0.3 is 0 Å². The molecule has 0 unspecified atom stereocenters. The summed E-state index contributed by atoms with van der Waals surface area (Å²) in [7, 11) is 0. The molecular weight excluding hydrogens is 262 g/mol. The van der Waals surface area contributed by atoms with E-state index in [2.05, 4.69) is 27.8 Å². The van der Waals surface area contributed by atoms with Crippen molar-refractivity contribution in [1.29, 1.82) is 0 Å². The number of aromatic nitrogens is 2. The van der Waals surface area contributed by atoms with Crippen LogP contribution in [0.2, 0.25) is 0 Å². The highest BCUT2D eigenvalue weighted by Gasteiger charge is 2.09. The summed E-state index contributed by atoms with van der Waals surface area (Å²) < 4.78 is 7.94. The lowest BCUT2D eigenvalue weighted by Gasteiger charge is -2.10. The molecule has 108 valence electrons. The van der Waals surface area contributed by atoms with Crippen LogP contribution in [-0.2, 0) is 24.5 Å². The molecule has 0 saturated heterocycles. The van der Waals surface area contributed by atoms with Crippen LogP contribution in [0.25, 0.3) is 11.0 Å². The fourth-order valence-corrected chi connectivity index (χ4v) is 2.42. The van der Waals surface area contributed by atoms with E-state index in [0.717, 1.165) is 23.3 Å². The molecule has 0 aliphatic heterocycles. The van der Waals surface area contributed by atoms with Crippen molar-refractivity contribution >= 4 is 11.0 Å². The maximum Gasteiger partial charge on any atom is 0.125 e. The van der Waals surface area contributed by atoms with Crippen molar-refractivity contribution in [3.8, 4) is 0 Å². The van der Waals surface area contributed by atoms with E-state index in [-0.39, 0.29) is 0 Å². The molecule has 3 rings (SSSR count). The van der Waals surface area contributed by atoms with E-state index in [4.69, 9.17) is 10.5 Å². The van der Waals surface area contributed by atoms with Crippen LogP contribution in [0.1, 0.15) is 11.4 Å². The second-order valence-electron chi connectivity index (χ2n) is 4.95. The molecule has 3 aromatic rings. The van der Waals surface area contributed by atoms with Crippen molar-refractivity contribution in [1.82, 2.24) is 9.55 Å². The van der Waals surface area contributed by atoms with E-state index < -0.39 is 0 Å². The third kappa shape index (κ3) is 3.12. The van der Waals surface area contributed by atoms with Gasteiger partial charge in [0.05, 0.1) is 17.6 Å². The van der Waals surface area contributed by atoms with Gasteiger partial charge in [0.25, 0.3) is 0 Å². The molecule has 21 heavy (non-hydrogen) atoms. The molecule has 0 aliphatic rings. The van der Waals surface area contributed by atoms with Crippen LogP contribution in [0, 0.1) is 0 Å². The Morgan fingerprint density at radius 3 is 2.57 bits per heavy atom. The normalized spacial score (nSPS) is 11.1. The summed E-state index contributed by atoms with van der Waals surface area (Å²) in [6.45, 7) is 1.67. The Morgan fingerprint density at radius 1 is 1.00 bits per heavy atom. The van der Waals surface area contributed by atoms with Gasteiger partial charge in [-0.2, -0.15) is 0 Å². The van der Waals surface area contributed by atoms with Gasteiger partial charge in [0.1, 0.15) is 12.6 Å². The molecular formula is C17H19N3O. The van der Waals surface area contributed by atoms with Crippen LogP contribution in [0.15, 0.2) is 54.6 Å². The number of para-hydroxylation sites is 2. The second-order valence-corrected chi connectivity index (χ2v) is 4.95. The van der Waals surface area contributed by atoms with Crippen molar-refractivity contribution in [3.63, 3.8) is 0 Å². The molecule has 0 bridgehead atoms. The molecule has 2 aromatic carbocycles. The van der Waals surface area contributed by atoms with E-state index in [1.807, 2.05) is 36.4 Å². The predicted octanol–water partition coefficient (Wildman–Crippen LogP) is 2.71. The van der Waals surface area contributed by atoms with Gasteiger partial charge in [-0.1, -0.05) is 42.5 Å². The highest BCUT2D eigenvalue weighted by Crippen LogP contribution is 2.16. The number of imidazole rings is 1. The maximum absolute atomic E-state index is 5.84. The summed E-state index contributed by atoms with van der Waals surface area (Å²) in [4.78, 5) is 4.63. The number of benzene rings is 2. The summed E-state index contributed by atoms with van der Waals surface area (Å²) in [5, 5.41) is 0. The zero-order chi connectivity index (χ0) is 14.5. The first-order chi connectivity index (χ1) is 10.4. The minimum Gasteiger partial charge on any atom is -0.356 e. The van der Waals surface area contributed by atoms with Gasteiger partial charge in [0.15, 0.2) is 0 Å². The molecule has 0 atom stereocenters. The van der Waals surface area contributed by atoms with E-state index in [9.17, 15) is 0 Å². The number of nitrogens with zero attached hydrogens (tertiary/aromatic N) is 2. The number of hydrogen-bond donors (Lipinski definition) is 1. The Bertz CT molecular complexity index is 706. The van der Waals surface area contributed by atoms with Crippen LogP contribution in [0.5, 0.6) is 0 Å². The molecule has 0 fully saturated rings. The lowest BCUT2D eigenvalue weighted by molar-refractivity contribution is 0.0647. The lowest BCUT2D eigenvalue weighted by Crippen LogP contribution is -2.11. The fraction of sp³-hybridized carbons (Fsp3) is 0.235. The minimum atomic E-state index is 0.491. The van der Waals surface area contributed by atoms with Gasteiger partial charge in [-0.15, -0.1) is 0 Å². The number of hydrogen-bond acceptors (Lipinski definition) is 3. The molecule has 0 amide bonds. The zero-order valence-corrected chi connectivity index (χ0v) is 11.9. The standard InChI is InChI=1S/C17H19N3O/c18-11-10-17-19-15-8-4-5-9-16(15)20(17)13-21-12-14-6-2-1-3-7-14/h1-9H,10-13,18H2. The maximum atomic E-state index is 5.84. The van der Waals surface area contributed by atoms with Crippen LogP contribution in [-0.4, -0.2) is 16.1 Å². The van der Waals surface area contributed by atoms with E-state index in [1.165, 1.54) is 5.56 Å². The predicted molar refractivity (Wildman–Crippen MR) is 83.7 cm³/mol. The summed E-state index contributed by atoms with van der Waals surface area (Å²) in [6, 6.07) is 18.3. The van der Waals surface area contributed by atoms with Crippen LogP contribution in [0.4, 0.5) is 0 Å². The van der Waals surface area contributed by atoms with Gasteiger partial charge in [-0.3, -0.25) is 0 Å². The minimum absolute atomic E-state index is 0.491. The molecule has 0 aliphatic carbocycles. The number of fused-ring (bicyclic) bond motifs is 1. The second kappa shape index (κ2) is 6.52. The summed E-state index contributed by atoms with van der Waals surface area (Å²) >= 11 is 0. The molecule has 1 heterocycles. The first-order valence-electron chi connectivity index (χ1n) is 7.14. The Hall–Kier alpha value is -2.17. The Balaban J connectivity index is 1.77. The molecule has 0 saturated carbocycles. The summed E-state index contributed by atoms with van der Waals surface area (Å²) in [5.41, 5.74) is 8.93. The Kier molecular flexibility index (Phi) is 4.28. The highest BCUT2D eigenvalue weighted by molar-refractivity contribution is 5.75. The molecule has 0 spiro atoms. The lowest BCUT2D eigenvalue weighted by atomic mass is 10.2. The summed E-state index contributed by atoms with van der Waals surface area (Å²) in [6.07, 6.45) is 0.753. The van der Waals surface area contributed by atoms with Gasteiger partial charge < -0.3 is 15.0 Å². The van der Waals surface area contributed by atoms with Crippen molar-refractivity contribution < 1.29 is 4.74 Å². The van der Waals surface area contributed by atoms with Crippen LogP contribution in [0.3, 0.4) is 0 Å². The van der Waals surface area contributed by atoms with E-state index >= 15 is 0 Å². The first kappa shape index (κ1) is 13.8.